The van der Waals surface area contributed by atoms with Crippen molar-refractivity contribution in [2.45, 2.75) is 6.92 Å². The molecule has 0 saturated carbocycles. The van der Waals surface area contributed by atoms with Crippen molar-refractivity contribution in [2.24, 2.45) is 0 Å². The van der Waals surface area contributed by atoms with E-state index in [1.807, 2.05) is 6.92 Å². The van der Waals surface area contributed by atoms with E-state index in [0.29, 0.717) is 29.2 Å². The van der Waals surface area contributed by atoms with Crippen molar-refractivity contribution < 1.29 is 23.8 Å². The van der Waals surface area contributed by atoms with Crippen molar-refractivity contribution in [3.05, 3.63) is 53.6 Å². The molecule has 0 fully saturated rings. The van der Waals surface area contributed by atoms with Gasteiger partial charge in [0.05, 0.1) is 17.7 Å². The maximum Gasteiger partial charge on any atom is 0.343 e. The maximum absolute atomic E-state index is 12.1. The van der Waals surface area contributed by atoms with Gasteiger partial charge in [0, 0.05) is 6.07 Å². The van der Waals surface area contributed by atoms with E-state index in [9.17, 15) is 9.59 Å². The molecule has 0 amide bonds. The molecule has 4 aliphatic rings. The van der Waals surface area contributed by atoms with E-state index in [2.05, 4.69) is 0 Å². The highest BCUT2D eigenvalue weighted by molar-refractivity contribution is 5.95. The van der Waals surface area contributed by atoms with Crippen LogP contribution in [0.1, 0.15) is 27.6 Å². The molecule has 0 atom stereocenters. The van der Waals surface area contributed by atoms with Crippen LogP contribution in [0.5, 0.6) is 17.2 Å². The first-order valence-corrected chi connectivity index (χ1v) is 6.48. The van der Waals surface area contributed by atoms with E-state index in [-0.39, 0.29) is 5.75 Å². The Balaban J connectivity index is 2.10. The van der Waals surface area contributed by atoms with Crippen LogP contribution in [0.4, 0.5) is 0 Å². The van der Waals surface area contributed by atoms with Gasteiger partial charge in [-0.25, -0.2) is 9.59 Å². The van der Waals surface area contributed by atoms with Gasteiger partial charge < -0.3 is 14.2 Å². The zero-order chi connectivity index (χ0) is 14.8. The number of ether oxygens (including phenoxy) is 3. The standard InChI is InChI=1S/C16H12O5/c1-2-19-14-9-12-7-8-13(14)21-16(18)11-5-3-10(4-6-11)15(17)20-12/h3-9H,2H2,1H3. The second kappa shape index (κ2) is 5.28. The summed E-state index contributed by atoms with van der Waals surface area (Å²) in [5.74, 6) is -0.0414. The number of benzene rings is 2. The first kappa shape index (κ1) is 13.2. The van der Waals surface area contributed by atoms with Gasteiger partial charge in [0.25, 0.3) is 0 Å². The largest absolute Gasteiger partial charge is 0.490 e. The monoisotopic (exact) mass is 284 g/mol. The van der Waals surface area contributed by atoms with Crippen molar-refractivity contribution in [1.29, 1.82) is 0 Å². The molecular formula is C16H12O5. The molecule has 2 aromatic carbocycles. The summed E-state index contributed by atoms with van der Waals surface area (Å²) < 4.78 is 16.0. The molecule has 0 spiro atoms. The molecule has 0 N–H and O–H groups in total. The van der Waals surface area contributed by atoms with Gasteiger partial charge >= 0.3 is 11.9 Å². The number of esters is 2. The quantitative estimate of drug-likeness (QED) is 0.627. The molecule has 0 aromatic heterocycles. The molecular weight excluding hydrogens is 272 g/mol. The van der Waals surface area contributed by atoms with Crippen LogP contribution in [0.15, 0.2) is 42.5 Å². The highest BCUT2D eigenvalue weighted by atomic mass is 16.6. The Hall–Kier alpha value is -2.82. The summed E-state index contributed by atoms with van der Waals surface area (Å²) in [6.07, 6.45) is 0. The smallest absolute Gasteiger partial charge is 0.343 e. The highest BCUT2D eigenvalue weighted by Gasteiger charge is 2.18. The van der Waals surface area contributed by atoms with Gasteiger partial charge in [-0.15, -0.1) is 0 Å². The van der Waals surface area contributed by atoms with Crippen LogP contribution >= 0.6 is 0 Å². The van der Waals surface area contributed by atoms with E-state index in [1.165, 1.54) is 30.3 Å². The topological polar surface area (TPSA) is 61.8 Å². The van der Waals surface area contributed by atoms with Crippen molar-refractivity contribution in [2.75, 3.05) is 6.61 Å². The molecule has 0 saturated heterocycles. The fourth-order valence-corrected chi connectivity index (χ4v) is 1.97. The molecule has 5 heteroatoms. The number of hydrogen-bond donors (Lipinski definition) is 0. The zero-order valence-corrected chi connectivity index (χ0v) is 11.3. The molecule has 6 rings (SSSR count). The zero-order valence-electron chi connectivity index (χ0n) is 11.3. The molecule has 21 heavy (non-hydrogen) atoms. The van der Waals surface area contributed by atoms with Gasteiger partial charge in [0.15, 0.2) is 11.5 Å². The van der Waals surface area contributed by atoms with Crippen molar-refractivity contribution in [3.8, 4) is 17.2 Å². The Kier molecular flexibility index (Phi) is 3.31. The predicted molar refractivity (Wildman–Crippen MR) is 74.0 cm³/mol. The lowest BCUT2D eigenvalue weighted by atomic mass is 10.1. The lowest BCUT2D eigenvalue weighted by Crippen LogP contribution is -2.13. The lowest BCUT2D eigenvalue weighted by Gasteiger charge is -2.14. The van der Waals surface area contributed by atoms with Crippen LogP contribution in [-0.2, 0) is 0 Å². The molecule has 0 unspecified atom stereocenters. The van der Waals surface area contributed by atoms with Gasteiger partial charge in [0.1, 0.15) is 5.75 Å². The minimum atomic E-state index is -0.510. The first-order chi connectivity index (χ1) is 10.2. The summed E-state index contributed by atoms with van der Waals surface area (Å²) in [6.45, 7) is 2.21. The normalized spacial score (nSPS) is 13.2. The highest BCUT2D eigenvalue weighted by Crippen LogP contribution is 2.33. The number of rotatable bonds is 2. The second-order valence-corrected chi connectivity index (χ2v) is 4.40. The van der Waals surface area contributed by atoms with Crippen LogP contribution < -0.4 is 14.2 Å². The van der Waals surface area contributed by atoms with Crippen molar-refractivity contribution >= 4 is 11.9 Å². The lowest BCUT2D eigenvalue weighted by molar-refractivity contribution is 0.0709. The Labute approximate surface area is 121 Å². The Morgan fingerprint density at radius 2 is 1.52 bits per heavy atom. The van der Waals surface area contributed by atoms with Crippen LogP contribution in [0.2, 0.25) is 0 Å². The maximum atomic E-state index is 12.1. The molecule has 106 valence electrons. The summed E-state index contributed by atoms with van der Waals surface area (Å²) >= 11 is 0. The summed E-state index contributed by atoms with van der Waals surface area (Å²) in [5.41, 5.74) is 0.702. The molecule has 0 radical (unpaired) electrons. The minimum Gasteiger partial charge on any atom is -0.490 e. The Morgan fingerprint density at radius 3 is 2.14 bits per heavy atom. The van der Waals surface area contributed by atoms with Gasteiger partial charge in [-0.3, -0.25) is 0 Å². The van der Waals surface area contributed by atoms with Crippen LogP contribution in [0.25, 0.3) is 0 Å². The van der Waals surface area contributed by atoms with Gasteiger partial charge in [-0.1, -0.05) is 0 Å². The van der Waals surface area contributed by atoms with E-state index < -0.39 is 11.9 Å². The molecule has 4 heterocycles. The molecule has 4 bridgehead atoms. The molecule has 4 aliphatic heterocycles. The van der Waals surface area contributed by atoms with E-state index in [1.54, 1.807) is 12.1 Å². The first-order valence-electron chi connectivity index (χ1n) is 6.48. The second-order valence-electron chi connectivity index (χ2n) is 4.40. The fourth-order valence-electron chi connectivity index (χ4n) is 1.97. The van der Waals surface area contributed by atoms with E-state index >= 15 is 0 Å². The molecule has 2 aromatic rings. The number of carbonyl (C=O) groups is 2. The van der Waals surface area contributed by atoms with E-state index in [0.717, 1.165) is 0 Å². The summed E-state index contributed by atoms with van der Waals surface area (Å²) in [4.78, 5) is 24.1. The van der Waals surface area contributed by atoms with Crippen molar-refractivity contribution in [3.63, 3.8) is 0 Å². The van der Waals surface area contributed by atoms with Gasteiger partial charge in [-0.2, -0.15) is 0 Å². The third-order valence-electron chi connectivity index (χ3n) is 2.98. The predicted octanol–water partition coefficient (Wildman–Crippen LogP) is 2.84. The van der Waals surface area contributed by atoms with Gasteiger partial charge in [-0.05, 0) is 43.3 Å². The Morgan fingerprint density at radius 1 is 0.905 bits per heavy atom. The number of hydrogen-bond acceptors (Lipinski definition) is 5. The van der Waals surface area contributed by atoms with Crippen molar-refractivity contribution in [1.82, 2.24) is 0 Å². The molecule has 0 aliphatic carbocycles. The molecule has 5 nitrogen and oxygen atoms in total. The summed E-state index contributed by atoms with van der Waals surface area (Å²) in [5, 5.41) is 0. The number of carbonyl (C=O) groups excluding carboxylic acids is 2. The third-order valence-corrected chi connectivity index (χ3v) is 2.98. The van der Waals surface area contributed by atoms with Crippen LogP contribution in [0.3, 0.4) is 0 Å². The van der Waals surface area contributed by atoms with E-state index in [4.69, 9.17) is 14.2 Å². The average Bonchev–Trinajstić information content (AvgIpc) is 2.49. The minimum absolute atomic E-state index is 0.284. The third kappa shape index (κ3) is 2.58. The average molecular weight is 284 g/mol. The van der Waals surface area contributed by atoms with Gasteiger partial charge in [0.2, 0.25) is 0 Å². The summed E-state index contributed by atoms with van der Waals surface area (Å²) in [7, 11) is 0. The van der Waals surface area contributed by atoms with Crippen LogP contribution in [-0.4, -0.2) is 18.5 Å². The SMILES string of the molecule is CCOc1cc2ccc1OC(=O)c1ccc(cc1)C(=O)O2. The van der Waals surface area contributed by atoms with Crippen LogP contribution in [0, 0.1) is 0 Å². The Bertz CT molecular complexity index is 703. The fraction of sp³-hybridized carbons (Fsp3) is 0.125. The summed E-state index contributed by atoms with van der Waals surface area (Å²) in [6, 6.07) is 10.7.